The van der Waals surface area contributed by atoms with Crippen molar-refractivity contribution in [2.45, 2.75) is 77.8 Å². The molecule has 1 aliphatic rings. The summed E-state index contributed by atoms with van der Waals surface area (Å²) in [6.07, 6.45) is -6.39. The molecule has 10 nitrogen and oxygen atoms in total. The minimum atomic E-state index is -1.44. The highest BCUT2D eigenvalue weighted by molar-refractivity contribution is 5.77. The Kier molecular flexibility index (Phi) is 8.64. The van der Waals surface area contributed by atoms with Crippen molar-refractivity contribution in [3.8, 4) is 0 Å². The lowest BCUT2D eigenvalue weighted by molar-refractivity contribution is -0.309. The van der Waals surface area contributed by atoms with Gasteiger partial charge in [0.25, 0.3) is 0 Å². The average Bonchev–Trinajstić information content (AvgIpc) is 2.57. The van der Waals surface area contributed by atoms with E-state index < -0.39 is 54.6 Å². The van der Waals surface area contributed by atoms with Gasteiger partial charge in [0.05, 0.1) is 13.2 Å². The lowest BCUT2D eigenvalue weighted by Gasteiger charge is -2.43. The summed E-state index contributed by atoms with van der Waals surface area (Å²) in [5, 5.41) is 0. The van der Waals surface area contributed by atoms with Gasteiger partial charge in [-0.05, 0) is 13.3 Å². The van der Waals surface area contributed by atoms with Crippen LogP contribution in [0.5, 0.6) is 0 Å². The van der Waals surface area contributed by atoms with E-state index >= 15 is 0 Å². The number of ether oxygens (including phenoxy) is 6. The highest BCUT2D eigenvalue weighted by atomic mass is 16.7. The van der Waals surface area contributed by atoms with Gasteiger partial charge in [0.15, 0.2) is 30.7 Å². The van der Waals surface area contributed by atoms with Crippen molar-refractivity contribution in [1.29, 1.82) is 0 Å². The summed E-state index contributed by atoms with van der Waals surface area (Å²) >= 11 is 0. The summed E-state index contributed by atoms with van der Waals surface area (Å²) in [6.45, 7) is 7.00. The van der Waals surface area contributed by atoms with Crippen molar-refractivity contribution < 1.29 is 47.6 Å². The molecule has 0 aromatic rings. The molecule has 0 aromatic heterocycles. The molecule has 0 saturated carbocycles. The molecule has 6 atom stereocenters. The quantitative estimate of drug-likeness (QED) is 0.448. The second-order valence-electron chi connectivity index (χ2n) is 6.03. The lowest BCUT2D eigenvalue weighted by Crippen LogP contribution is -2.64. The first-order valence-corrected chi connectivity index (χ1v) is 8.51. The molecule has 1 rings (SSSR count). The van der Waals surface area contributed by atoms with Gasteiger partial charge in [0.2, 0.25) is 0 Å². The standard InChI is InChI=1S/C17H26O10/c1-7-8(2)23-17-15(26-11(5)20)13(25-10(4)19)12(24-9(3)18)14(27-17)16(21)22-6/h8,12-15,17H,7H2,1-6H3/t8?,12-,13-,14-,15+,17+/m0/s1. The first kappa shape index (κ1) is 22.8. The number of carbonyl (C=O) groups excluding carboxylic acids is 4. The third-order valence-corrected chi connectivity index (χ3v) is 3.78. The molecule has 27 heavy (non-hydrogen) atoms. The van der Waals surface area contributed by atoms with Crippen LogP contribution in [0, 0.1) is 0 Å². The fraction of sp³-hybridized carbons (Fsp3) is 0.765. The average molecular weight is 390 g/mol. The molecule has 154 valence electrons. The van der Waals surface area contributed by atoms with E-state index in [4.69, 9.17) is 28.4 Å². The third kappa shape index (κ3) is 6.47. The zero-order chi connectivity index (χ0) is 20.7. The zero-order valence-electron chi connectivity index (χ0n) is 16.3. The van der Waals surface area contributed by atoms with E-state index in [0.29, 0.717) is 6.42 Å². The van der Waals surface area contributed by atoms with Crippen molar-refractivity contribution in [2.24, 2.45) is 0 Å². The number of hydrogen-bond acceptors (Lipinski definition) is 10. The smallest absolute Gasteiger partial charge is 0.339 e. The summed E-state index contributed by atoms with van der Waals surface area (Å²) in [6, 6.07) is 0. The van der Waals surface area contributed by atoms with Crippen molar-refractivity contribution in [2.75, 3.05) is 7.11 Å². The van der Waals surface area contributed by atoms with E-state index in [2.05, 4.69) is 0 Å². The van der Waals surface area contributed by atoms with Crippen LogP contribution >= 0.6 is 0 Å². The van der Waals surface area contributed by atoms with E-state index in [9.17, 15) is 19.2 Å². The minimum absolute atomic E-state index is 0.324. The number of esters is 4. The maximum absolute atomic E-state index is 12.2. The van der Waals surface area contributed by atoms with Gasteiger partial charge >= 0.3 is 23.9 Å². The van der Waals surface area contributed by atoms with E-state index in [1.165, 1.54) is 0 Å². The van der Waals surface area contributed by atoms with E-state index in [1.807, 2.05) is 6.92 Å². The topological polar surface area (TPSA) is 124 Å². The molecule has 0 amide bonds. The summed E-state index contributed by atoms with van der Waals surface area (Å²) < 4.78 is 31.6. The molecule has 1 saturated heterocycles. The molecule has 0 aliphatic carbocycles. The first-order valence-electron chi connectivity index (χ1n) is 8.51. The second kappa shape index (κ2) is 10.2. The molecular weight excluding hydrogens is 364 g/mol. The van der Waals surface area contributed by atoms with Crippen LogP contribution < -0.4 is 0 Å². The van der Waals surface area contributed by atoms with Crippen LogP contribution in [-0.2, 0) is 47.6 Å². The number of hydrogen-bond donors (Lipinski definition) is 0. The number of carbonyl (C=O) groups is 4. The Labute approximate surface area is 157 Å². The maximum Gasteiger partial charge on any atom is 0.339 e. The number of methoxy groups -OCH3 is 1. The van der Waals surface area contributed by atoms with E-state index in [0.717, 1.165) is 27.9 Å². The zero-order valence-corrected chi connectivity index (χ0v) is 16.3. The molecule has 1 unspecified atom stereocenters. The largest absolute Gasteiger partial charge is 0.467 e. The minimum Gasteiger partial charge on any atom is -0.467 e. The van der Waals surface area contributed by atoms with Crippen LogP contribution in [0.25, 0.3) is 0 Å². The van der Waals surface area contributed by atoms with Gasteiger partial charge in [-0.1, -0.05) is 6.92 Å². The van der Waals surface area contributed by atoms with Crippen molar-refractivity contribution >= 4 is 23.9 Å². The molecule has 0 N–H and O–H groups in total. The summed E-state index contributed by atoms with van der Waals surface area (Å²) in [7, 11) is 1.13. The normalized spacial score (nSPS) is 28.6. The SMILES string of the molecule is CCC(C)O[C@@H]1O[C@H](C(=O)OC)[C@@H](OC(C)=O)[C@H](OC(C)=O)[C@H]1OC(C)=O. The van der Waals surface area contributed by atoms with Crippen LogP contribution in [0.3, 0.4) is 0 Å². The molecule has 0 spiro atoms. The predicted molar refractivity (Wildman–Crippen MR) is 88.2 cm³/mol. The Morgan fingerprint density at radius 1 is 0.889 bits per heavy atom. The molecular formula is C17H26O10. The summed E-state index contributed by atoms with van der Waals surface area (Å²) in [4.78, 5) is 46.9. The van der Waals surface area contributed by atoms with Crippen molar-refractivity contribution in [3.63, 3.8) is 0 Å². The van der Waals surface area contributed by atoms with Gasteiger partial charge in [0.1, 0.15) is 0 Å². The van der Waals surface area contributed by atoms with Gasteiger partial charge in [-0.25, -0.2) is 4.79 Å². The maximum atomic E-state index is 12.2. The monoisotopic (exact) mass is 390 g/mol. The predicted octanol–water partition coefficient (Wildman–Crippen LogP) is 0.495. The Hall–Kier alpha value is -2.20. The molecule has 0 aromatic carbocycles. The van der Waals surface area contributed by atoms with Crippen LogP contribution in [0.15, 0.2) is 0 Å². The Bertz CT molecular complexity index is 560. The Balaban J connectivity index is 3.36. The molecule has 1 fully saturated rings. The van der Waals surface area contributed by atoms with Gasteiger partial charge in [-0.3, -0.25) is 14.4 Å². The second-order valence-corrected chi connectivity index (χ2v) is 6.03. The Morgan fingerprint density at radius 2 is 1.37 bits per heavy atom. The van der Waals surface area contributed by atoms with E-state index in [-0.39, 0.29) is 6.10 Å². The Morgan fingerprint density at radius 3 is 1.81 bits per heavy atom. The van der Waals surface area contributed by atoms with Crippen LogP contribution in [0.2, 0.25) is 0 Å². The fourth-order valence-corrected chi connectivity index (χ4v) is 2.51. The summed E-state index contributed by atoms with van der Waals surface area (Å²) in [5.41, 5.74) is 0. The molecule has 10 heteroatoms. The first-order chi connectivity index (χ1) is 12.6. The van der Waals surface area contributed by atoms with Gasteiger partial charge in [-0.2, -0.15) is 0 Å². The highest BCUT2D eigenvalue weighted by Crippen LogP contribution is 2.31. The van der Waals surface area contributed by atoms with E-state index in [1.54, 1.807) is 6.92 Å². The van der Waals surface area contributed by atoms with Gasteiger partial charge in [0, 0.05) is 20.8 Å². The molecule has 1 aliphatic heterocycles. The number of rotatable bonds is 7. The van der Waals surface area contributed by atoms with Crippen molar-refractivity contribution in [1.82, 2.24) is 0 Å². The van der Waals surface area contributed by atoms with Crippen molar-refractivity contribution in [3.05, 3.63) is 0 Å². The van der Waals surface area contributed by atoms with Gasteiger partial charge in [-0.15, -0.1) is 0 Å². The highest BCUT2D eigenvalue weighted by Gasteiger charge is 2.55. The fourth-order valence-electron chi connectivity index (χ4n) is 2.51. The molecule has 0 radical (unpaired) electrons. The molecule has 1 heterocycles. The molecule has 0 bridgehead atoms. The summed E-state index contributed by atoms with van der Waals surface area (Å²) in [5.74, 6) is -3.05. The third-order valence-electron chi connectivity index (χ3n) is 3.78. The van der Waals surface area contributed by atoms with Gasteiger partial charge < -0.3 is 28.4 Å². The van der Waals surface area contributed by atoms with Crippen LogP contribution in [0.4, 0.5) is 0 Å². The van der Waals surface area contributed by atoms with Crippen LogP contribution in [0.1, 0.15) is 41.0 Å². The van der Waals surface area contributed by atoms with Crippen LogP contribution in [-0.4, -0.2) is 67.8 Å². The lowest BCUT2D eigenvalue weighted by atomic mass is 9.97.